The van der Waals surface area contributed by atoms with Gasteiger partial charge in [-0.05, 0) is 32.3 Å². The lowest BCUT2D eigenvalue weighted by Crippen LogP contribution is -2.64. The van der Waals surface area contributed by atoms with Crippen molar-refractivity contribution in [2.45, 2.75) is 50.9 Å². The van der Waals surface area contributed by atoms with E-state index in [1.807, 2.05) is 11.8 Å². The minimum atomic E-state index is -0.940. The van der Waals surface area contributed by atoms with E-state index in [9.17, 15) is 19.6 Å². The van der Waals surface area contributed by atoms with Crippen LogP contribution < -0.4 is 9.64 Å². The summed E-state index contributed by atoms with van der Waals surface area (Å²) in [6.07, 6.45) is 1.26. The maximum Gasteiger partial charge on any atom is 0.407 e. The van der Waals surface area contributed by atoms with Crippen LogP contribution in [-0.2, 0) is 0 Å². The second-order valence-corrected chi connectivity index (χ2v) is 7.64. The number of amides is 1. The van der Waals surface area contributed by atoms with E-state index < -0.39 is 11.9 Å². The molecule has 3 aliphatic rings. The van der Waals surface area contributed by atoms with Crippen molar-refractivity contribution < 1.29 is 19.0 Å². The molecule has 4 unspecified atom stereocenters. The molecule has 0 aliphatic carbocycles. The molecule has 2 fully saturated rings. The fourth-order valence-electron chi connectivity index (χ4n) is 5.14. The van der Waals surface area contributed by atoms with Gasteiger partial charge < -0.3 is 14.7 Å². The van der Waals surface area contributed by atoms with Crippen LogP contribution in [0.4, 0.5) is 15.0 Å². The number of rotatable bonds is 0. The summed E-state index contributed by atoms with van der Waals surface area (Å²) in [5.74, 6) is 0.194. The van der Waals surface area contributed by atoms with Gasteiger partial charge in [0.1, 0.15) is 29.5 Å². The fourth-order valence-corrected chi connectivity index (χ4v) is 5.14. The normalized spacial score (nSPS) is 27.8. The van der Waals surface area contributed by atoms with E-state index in [-0.39, 0.29) is 41.2 Å². The number of hydrogen-bond donors (Lipinski definition) is 1. The predicted octanol–water partition coefficient (Wildman–Crippen LogP) is 2.43. The first-order valence-corrected chi connectivity index (χ1v) is 9.25. The van der Waals surface area contributed by atoms with E-state index in [1.54, 1.807) is 6.92 Å². The van der Waals surface area contributed by atoms with E-state index in [0.717, 1.165) is 19.0 Å². The molecule has 0 saturated carbocycles. The molecule has 2 aromatic rings. The highest BCUT2D eigenvalue weighted by molar-refractivity contribution is 6.00. The molecule has 5 heterocycles. The van der Waals surface area contributed by atoms with Gasteiger partial charge in [0.2, 0.25) is 5.88 Å². The summed E-state index contributed by atoms with van der Waals surface area (Å²) in [5, 5.41) is 20.0. The number of aromatic nitrogens is 2. The molecule has 8 nitrogen and oxygen atoms in total. The van der Waals surface area contributed by atoms with Crippen molar-refractivity contribution in [3.8, 4) is 11.9 Å². The van der Waals surface area contributed by atoms with E-state index in [2.05, 4.69) is 16.0 Å². The Bertz CT molecular complexity index is 1070. The molecule has 3 aliphatic heterocycles. The molecular formula is C19H18FN5O3. The number of ether oxygens (including phenoxy) is 1. The van der Waals surface area contributed by atoms with Crippen molar-refractivity contribution >= 4 is 22.7 Å². The smallest absolute Gasteiger partial charge is 0.407 e. The van der Waals surface area contributed by atoms with Crippen LogP contribution in [0.3, 0.4) is 0 Å². The lowest BCUT2D eigenvalue weighted by Gasteiger charge is -2.47. The lowest BCUT2D eigenvalue weighted by atomic mass is 9.97. The molecule has 144 valence electrons. The SMILES string of the molecule is Cc1c(C#N)nc2c3c(ncc(F)c13)OC(C)C1C3CCC(CN21)N3C(=O)O. The molecule has 0 spiro atoms. The standard InChI is InChI=1S/C19H18FN5O3/c1-8-12(5-21)23-17-15-14(8)11(20)6-22-18(15)28-9(2)16-13-4-3-10(7-24(16)17)25(13)19(26)27/h6,9-10,13,16H,3-4,7H2,1-2H3,(H,26,27). The van der Waals surface area contributed by atoms with Gasteiger partial charge in [-0.2, -0.15) is 5.26 Å². The molecular weight excluding hydrogens is 365 g/mol. The molecule has 2 aromatic heterocycles. The first-order valence-electron chi connectivity index (χ1n) is 9.25. The van der Waals surface area contributed by atoms with Crippen LogP contribution in [0.2, 0.25) is 0 Å². The highest BCUT2D eigenvalue weighted by Gasteiger charge is 2.52. The highest BCUT2D eigenvalue weighted by Crippen LogP contribution is 2.45. The zero-order valence-electron chi connectivity index (χ0n) is 15.4. The molecule has 2 saturated heterocycles. The number of hydrogen-bond acceptors (Lipinski definition) is 6. The summed E-state index contributed by atoms with van der Waals surface area (Å²) in [7, 11) is 0. The van der Waals surface area contributed by atoms with Crippen LogP contribution >= 0.6 is 0 Å². The van der Waals surface area contributed by atoms with Gasteiger partial charge in [-0.15, -0.1) is 0 Å². The predicted molar refractivity (Wildman–Crippen MR) is 96.8 cm³/mol. The maximum absolute atomic E-state index is 14.7. The van der Waals surface area contributed by atoms with Crippen LogP contribution in [0.25, 0.3) is 10.8 Å². The second kappa shape index (κ2) is 5.67. The molecule has 2 bridgehead atoms. The third-order valence-corrected chi connectivity index (χ3v) is 6.25. The molecule has 28 heavy (non-hydrogen) atoms. The maximum atomic E-state index is 14.7. The largest absolute Gasteiger partial charge is 0.472 e. The van der Waals surface area contributed by atoms with Gasteiger partial charge in [0.15, 0.2) is 0 Å². The molecule has 5 rings (SSSR count). The number of fused-ring (bicyclic) bond motifs is 5. The lowest BCUT2D eigenvalue weighted by molar-refractivity contribution is 0.0707. The molecule has 4 atom stereocenters. The number of nitrogens with zero attached hydrogens (tertiary/aromatic N) is 5. The van der Waals surface area contributed by atoms with E-state index in [4.69, 9.17) is 4.74 Å². The van der Waals surface area contributed by atoms with Crippen molar-refractivity contribution in [3.63, 3.8) is 0 Å². The zero-order valence-corrected chi connectivity index (χ0v) is 15.4. The van der Waals surface area contributed by atoms with Gasteiger partial charge in [0, 0.05) is 11.9 Å². The Labute approximate surface area is 160 Å². The molecule has 0 aromatic carbocycles. The van der Waals surface area contributed by atoms with E-state index in [0.29, 0.717) is 23.3 Å². The Morgan fingerprint density at radius 1 is 1.43 bits per heavy atom. The number of anilines is 1. The monoisotopic (exact) mass is 383 g/mol. The van der Waals surface area contributed by atoms with E-state index >= 15 is 0 Å². The van der Waals surface area contributed by atoms with Gasteiger partial charge in [-0.1, -0.05) is 0 Å². The number of carboxylic acid groups (broad SMARTS) is 1. The Hall–Kier alpha value is -3.15. The van der Waals surface area contributed by atoms with Crippen LogP contribution in [0, 0.1) is 24.1 Å². The summed E-state index contributed by atoms with van der Waals surface area (Å²) in [5.41, 5.74) is 0.601. The number of pyridine rings is 2. The molecule has 9 heteroatoms. The summed E-state index contributed by atoms with van der Waals surface area (Å²) in [6, 6.07) is 1.34. The quantitative estimate of drug-likeness (QED) is 0.745. The zero-order chi connectivity index (χ0) is 19.7. The third kappa shape index (κ3) is 2.06. The minimum absolute atomic E-state index is 0.153. The summed E-state index contributed by atoms with van der Waals surface area (Å²) in [6.45, 7) is 3.96. The average molecular weight is 383 g/mol. The Balaban J connectivity index is 1.79. The van der Waals surface area contributed by atoms with Gasteiger partial charge in [-0.25, -0.2) is 19.2 Å². The number of halogens is 1. The Kier molecular flexibility index (Phi) is 3.44. The second-order valence-electron chi connectivity index (χ2n) is 7.64. The van der Waals surface area contributed by atoms with Crippen molar-refractivity contribution in [1.29, 1.82) is 5.26 Å². The number of nitriles is 1. The molecule has 1 amide bonds. The Morgan fingerprint density at radius 3 is 2.93 bits per heavy atom. The Morgan fingerprint density at radius 2 is 2.21 bits per heavy atom. The van der Waals surface area contributed by atoms with Crippen LogP contribution in [0.1, 0.15) is 31.0 Å². The summed E-state index contributed by atoms with van der Waals surface area (Å²) in [4.78, 5) is 24.0. The third-order valence-electron chi connectivity index (χ3n) is 6.25. The van der Waals surface area contributed by atoms with Gasteiger partial charge in [-0.3, -0.25) is 4.90 Å². The minimum Gasteiger partial charge on any atom is -0.472 e. The van der Waals surface area contributed by atoms with Gasteiger partial charge in [0.25, 0.3) is 0 Å². The van der Waals surface area contributed by atoms with Crippen LogP contribution in [0.5, 0.6) is 5.88 Å². The molecule has 0 radical (unpaired) electrons. The summed E-state index contributed by atoms with van der Waals surface area (Å²) < 4.78 is 20.8. The van der Waals surface area contributed by atoms with Gasteiger partial charge in [0.05, 0.1) is 29.7 Å². The first kappa shape index (κ1) is 17.0. The van der Waals surface area contributed by atoms with Crippen LogP contribution in [0.15, 0.2) is 6.20 Å². The fraction of sp³-hybridized carbons (Fsp3) is 0.474. The topological polar surface area (TPSA) is 103 Å². The van der Waals surface area contributed by atoms with Crippen molar-refractivity contribution in [1.82, 2.24) is 14.9 Å². The highest BCUT2D eigenvalue weighted by atomic mass is 19.1. The van der Waals surface area contributed by atoms with Crippen molar-refractivity contribution in [2.75, 3.05) is 11.4 Å². The number of aryl methyl sites for hydroxylation is 1. The number of piperazine rings is 1. The summed E-state index contributed by atoms with van der Waals surface area (Å²) >= 11 is 0. The average Bonchev–Trinajstić information content (AvgIpc) is 2.91. The van der Waals surface area contributed by atoms with Gasteiger partial charge >= 0.3 is 6.09 Å². The van der Waals surface area contributed by atoms with Crippen LogP contribution in [-0.4, -0.2) is 56.8 Å². The first-order chi connectivity index (χ1) is 13.4. The molecule has 1 N–H and O–H groups in total. The van der Waals surface area contributed by atoms with E-state index in [1.165, 1.54) is 4.90 Å². The van der Waals surface area contributed by atoms with Crippen molar-refractivity contribution in [2.24, 2.45) is 0 Å². The number of carbonyl (C=O) groups is 1. The van der Waals surface area contributed by atoms with Crippen molar-refractivity contribution in [3.05, 3.63) is 23.3 Å².